The van der Waals surface area contributed by atoms with Gasteiger partial charge in [0.2, 0.25) is 10.0 Å². The Hall–Kier alpha value is -0.680. The van der Waals surface area contributed by atoms with Crippen LogP contribution in [-0.2, 0) is 10.0 Å². The standard InChI is InChI=1S/C23H29Br2ClN2O4S/c1-15(2)19-12-21(26)16(3)10-22(19)32-14-18(29)13-27-6-8-28(9-7-27)33(30,31)23-11-17(24)4-5-20(23)25/h4-5,10-12,15,18,29H,6-9,13-14H2,1-3H3. The highest BCUT2D eigenvalue weighted by molar-refractivity contribution is 9.11. The fourth-order valence-electron chi connectivity index (χ4n) is 3.75. The van der Waals surface area contributed by atoms with E-state index in [9.17, 15) is 13.5 Å². The zero-order chi connectivity index (χ0) is 24.3. The molecule has 1 atom stereocenters. The molecule has 3 rings (SSSR count). The number of β-amino-alcohol motifs (C(OH)–C–C–N with tert-alkyl or cyclic N) is 1. The number of aryl methyl sites for hydroxylation is 1. The van der Waals surface area contributed by atoms with Gasteiger partial charge in [-0.15, -0.1) is 0 Å². The molecular weight excluding hydrogens is 596 g/mol. The second-order valence-electron chi connectivity index (χ2n) is 8.54. The molecule has 0 spiro atoms. The molecule has 1 fully saturated rings. The van der Waals surface area contributed by atoms with E-state index in [-0.39, 0.29) is 17.4 Å². The minimum absolute atomic E-state index is 0.157. The highest BCUT2D eigenvalue weighted by Gasteiger charge is 2.30. The molecule has 6 nitrogen and oxygen atoms in total. The van der Waals surface area contributed by atoms with Crippen molar-refractivity contribution in [2.24, 2.45) is 0 Å². The van der Waals surface area contributed by atoms with Crippen molar-refractivity contribution in [3.05, 3.63) is 55.4 Å². The smallest absolute Gasteiger partial charge is 0.244 e. The first kappa shape index (κ1) is 26.9. The maximum Gasteiger partial charge on any atom is 0.244 e. The van der Waals surface area contributed by atoms with Gasteiger partial charge in [-0.05, 0) is 70.2 Å². The van der Waals surface area contributed by atoms with Crippen LogP contribution in [0.15, 0.2) is 44.2 Å². The summed E-state index contributed by atoms with van der Waals surface area (Å²) in [4.78, 5) is 2.31. The molecule has 0 radical (unpaired) electrons. The lowest BCUT2D eigenvalue weighted by Crippen LogP contribution is -2.50. The van der Waals surface area contributed by atoms with Crippen molar-refractivity contribution in [1.82, 2.24) is 9.21 Å². The Morgan fingerprint density at radius 1 is 1.12 bits per heavy atom. The number of hydrogen-bond donors (Lipinski definition) is 1. The van der Waals surface area contributed by atoms with Crippen LogP contribution in [0.25, 0.3) is 0 Å². The molecule has 1 aliphatic rings. The fraction of sp³-hybridized carbons (Fsp3) is 0.478. The van der Waals surface area contributed by atoms with E-state index in [1.54, 1.807) is 18.2 Å². The molecule has 182 valence electrons. The molecular formula is C23H29Br2ClN2O4S. The van der Waals surface area contributed by atoms with Crippen LogP contribution in [0.1, 0.15) is 30.9 Å². The van der Waals surface area contributed by atoms with Gasteiger partial charge in [0.25, 0.3) is 0 Å². The maximum atomic E-state index is 13.1. The Bertz CT molecular complexity index is 1090. The van der Waals surface area contributed by atoms with Crippen LogP contribution in [0.5, 0.6) is 5.75 Å². The van der Waals surface area contributed by atoms with E-state index < -0.39 is 16.1 Å². The predicted molar refractivity (Wildman–Crippen MR) is 139 cm³/mol. The lowest BCUT2D eigenvalue weighted by Gasteiger charge is -2.35. The number of rotatable bonds is 8. The van der Waals surface area contributed by atoms with Gasteiger partial charge in [-0.1, -0.05) is 41.4 Å². The highest BCUT2D eigenvalue weighted by Crippen LogP contribution is 2.32. The maximum absolute atomic E-state index is 13.1. The monoisotopic (exact) mass is 622 g/mol. The molecule has 2 aromatic carbocycles. The van der Waals surface area contributed by atoms with Crippen LogP contribution >= 0.6 is 43.5 Å². The quantitative estimate of drug-likeness (QED) is 0.446. The Morgan fingerprint density at radius 3 is 2.42 bits per heavy atom. The van der Waals surface area contributed by atoms with Crippen LogP contribution in [-0.4, -0.2) is 68.2 Å². The van der Waals surface area contributed by atoms with Crippen molar-refractivity contribution >= 4 is 53.5 Å². The number of ether oxygens (including phenoxy) is 1. The number of aliphatic hydroxyl groups is 1. The molecule has 1 heterocycles. The highest BCUT2D eigenvalue weighted by atomic mass is 79.9. The number of nitrogens with zero attached hydrogens (tertiary/aromatic N) is 2. The second kappa shape index (κ2) is 11.4. The number of piperazine rings is 1. The Morgan fingerprint density at radius 2 is 1.79 bits per heavy atom. The number of hydrogen-bond acceptors (Lipinski definition) is 5. The van der Waals surface area contributed by atoms with E-state index in [0.29, 0.717) is 46.7 Å². The van der Waals surface area contributed by atoms with Gasteiger partial charge in [0.05, 0.1) is 4.90 Å². The lowest BCUT2D eigenvalue weighted by molar-refractivity contribution is 0.0565. The first-order valence-corrected chi connectivity index (χ1v) is 14.2. The second-order valence-corrected chi connectivity index (χ2v) is 12.6. The zero-order valence-corrected chi connectivity index (χ0v) is 23.6. The summed E-state index contributed by atoms with van der Waals surface area (Å²) in [6, 6.07) is 8.95. The largest absolute Gasteiger partial charge is 0.491 e. The molecule has 10 heteroatoms. The van der Waals surface area contributed by atoms with Gasteiger partial charge in [-0.2, -0.15) is 4.31 Å². The first-order valence-electron chi connectivity index (χ1n) is 10.8. The number of aliphatic hydroxyl groups excluding tert-OH is 1. The van der Waals surface area contributed by atoms with Crippen molar-refractivity contribution in [2.75, 3.05) is 39.3 Å². The summed E-state index contributed by atoms with van der Waals surface area (Å²) in [6.45, 7) is 8.46. The minimum atomic E-state index is -3.60. The third-order valence-corrected chi connectivity index (χ3v) is 9.45. The van der Waals surface area contributed by atoms with Crippen molar-refractivity contribution in [1.29, 1.82) is 0 Å². The molecule has 0 aliphatic carbocycles. The summed E-state index contributed by atoms with van der Waals surface area (Å²) in [7, 11) is -3.60. The molecule has 1 N–H and O–H groups in total. The van der Waals surface area contributed by atoms with E-state index in [1.807, 2.05) is 19.1 Å². The molecule has 0 amide bonds. The predicted octanol–water partition coefficient (Wildman–Crippen LogP) is 5.04. The van der Waals surface area contributed by atoms with Crippen molar-refractivity contribution in [3.8, 4) is 5.75 Å². The van der Waals surface area contributed by atoms with Gasteiger partial charge in [0, 0.05) is 46.7 Å². The third kappa shape index (κ3) is 6.72. The number of sulfonamides is 1. The third-order valence-electron chi connectivity index (χ3n) is 5.66. The normalized spacial score (nSPS) is 16.8. The molecule has 0 bridgehead atoms. The van der Waals surface area contributed by atoms with Gasteiger partial charge >= 0.3 is 0 Å². The van der Waals surface area contributed by atoms with E-state index in [1.165, 1.54) is 4.31 Å². The number of halogens is 3. The topological polar surface area (TPSA) is 70.1 Å². The van der Waals surface area contributed by atoms with E-state index in [4.69, 9.17) is 16.3 Å². The summed E-state index contributed by atoms with van der Waals surface area (Å²) >= 11 is 12.9. The summed E-state index contributed by atoms with van der Waals surface area (Å²) in [5.74, 6) is 0.983. The Kier molecular flexibility index (Phi) is 9.27. The molecule has 0 saturated carbocycles. The number of benzene rings is 2. The van der Waals surface area contributed by atoms with Crippen LogP contribution in [0, 0.1) is 6.92 Å². The van der Waals surface area contributed by atoms with Gasteiger partial charge in [-0.25, -0.2) is 8.42 Å². The molecule has 1 unspecified atom stereocenters. The average molecular weight is 625 g/mol. The van der Waals surface area contributed by atoms with Gasteiger partial charge in [-0.3, -0.25) is 4.90 Å². The SMILES string of the molecule is Cc1cc(OCC(O)CN2CCN(S(=O)(=O)c3cc(Br)ccc3Br)CC2)c(C(C)C)cc1Cl. The van der Waals surface area contributed by atoms with Crippen LogP contribution < -0.4 is 4.74 Å². The van der Waals surface area contributed by atoms with Crippen molar-refractivity contribution in [3.63, 3.8) is 0 Å². The Balaban J connectivity index is 1.55. The molecule has 1 aliphatic heterocycles. The van der Waals surface area contributed by atoms with Gasteiger partial charge < -0.3 is 9.84 Å². The minimum Gasteiger partial charge on any atom is -0.491 e. The average Bonchev–Trinajstić information content (AvgIpc) is 2.76. The summed E-state index contributed by atoms with van der Waals surface area (Å²) in [6.07, 6.45) is -0.691. The first-order chi connectivity index (χ1) is 15.5. The van der Waals surface area contributed by atoms with Crippen molar-refractivity contribution < 1.29 is 18.3 Å². The zero-order valence-electron chi connectivity index (χ0n) is 18.9. The van der Waals surface area contributed by atoms with Gasteiger partial charge in [0.1, 0.15) is 18.5 Å². The van der Waals surface area contributed by atoms with Crippen LogP contribution in [0.4, 0.5) is 0 Å². The van der Waals surface area contributed by atoms with Crippen LogP contribution in [0.3, 0.4) is 0 Å². The Labute approximate surface area is 218 Å². The van der Waals surface area contributed by atoms with E-state index in [0.717, 1.165) is 16.9 Å². The molecule has 33 heavy (non-hydrogen) atoms. The summed E-state index contributed by atoms with van der Waals surface area (Å²) in [5.41, 5.74) is 1.94. The molecule has 2 aromatic rings. The van der Waals surface area contributed by atoms with E-state index >= 15 is 0 Å². The molecule has 0 aromatic heterocycles. The fourth-order valence-corrected chi connectivity index (χ4v) is 6.81. The van der Waals surface area contributed by atoms with Gasteiger partial charge in [0.15, 0.2) is 0 Å². The lowest BCUT2D eigenvalue weighted by atomic mass is 10.0. The summed E-state index contributed by atoms with van der Waals surface area (Å²) in [5, 5.41) is 11.3. The van der Waals surface area contributed by atoms with Crippen LogP contribution in [0.2, 0.25) is 5.02 Å². The summed E-state index contributed by atoms with van der Waals surface area (Å²) < 4.78 is 34.8. The van der Waals surface area contributed by atoms with Crippen molar-refractivity contribution in [2.45, 2.75) is 37.7 Å². The van der Waals surface area contributed by atoms with E-state index in [2.05, 4.69) is 50.6 Å². The molecule has 1 saturated heterocycles.